The lowest BCUT2D eigenvalue weighted by molar-refractivity contribution is -0.150. The van der Waals surface area contributed by atoms with Crippen molar-refractivity contribution in [2.75, 3.05) is 13.2 Å². The van der Waals surface area contributed by atoms with Crippen LogP contribution in [-0.4, -0.2) is 78.8 Å². The summed E-state index contributed by atoms with van der Waals surface area (Å²) in [5.74, 6) is -6.36. The SMILES string of the molecule is NC(=O)C1=C(O)C2(O)C(=O)C3=C(O)c4c(O)ccc(-c5ncc[nH]5)c4CC3CC2C(NC2CCOCC2)C1=O. The van der Waals surface area contributed by atoms with Crippen molar-refractivity contribution in [3.8, 4) is 17.1 Å². The molecule has 204 valence electrons. The van der Waals surface area contributed by atoms with E-state index in [2.05, 4.69) is 15.3 Å². The van der Waals surface area contributed by atoms with Crippen LogP contribution in [0, 0.1) is 11.8 Å². The number of Topliss-reactive ketones (excluding diaryl/α,β-unsaturated/α-hetero) is 2. The Balaban J connectivity index is 1.51. The van der Waals surface area contributed by atoms with Gasteiger partial charge in [-0.25, -0.2) is 4.98 Å². The highest BCUT2D eigenvalue weighted by Crippen LogP contribution is 2.53. The van der Waals surface area contributed by atoms with E-state index in [1.54, 1.807) is 18.5 Å². The number of amides is 1. The number of ether oxygens (including phenoxy) is 1. The number of aromatic nitrogens is 2. The molecule has 4 unspecified atom stereocenters. The summed E-state index contributed by atoms with van der Waals surface area (Å²) in [4.78, 5) is 47.0. The molecule has 1 aromatic carbocycles. The predicted molar refractivity (Wildman–Crippen MR) is 135 cm³/mol. The van der Waals surface area contributed by atoms with Gasteiger partial charge in [0.2, 0.25) is 5.78 Å². The number of benzene rings is 1. The van der Waals surface area contributed by atoms with Crippen LogP contribution >= 0.6 is 0 Å². The van der Waals surface area contributed by atoms with E-state index in [4.69, 9.17) is 10.5 Å². The van der Waals surface area contributed by atoms with Crippen LogP contribution in [0.3, 0.4) is 0 Å². The molecule has 0 radical (unpaired) electrons. The van der Waals surface area contributed by atoms with Crippen molar-refractivity contribution in [1.29, 1.82) is 0 Å². The number of imidazole rings is 1. The number of rotatable bonds is 4. The summed E-state index contributed by atoms with van der Waals surface area (Å²) < 4.78 is 5.39. The number of phenolic OH excluding ortho intramolecular Hbond substituents is 1. The van der Waals surface area contributed by atoms with Crippen LogP contribution in [-0.2, 0) is 25.5 Å². The highest BCUT2D eigenvalue weighted by Gasteiger charge is 2.64. The summed E-state index contributed by atoms with van der Waals surface area (Å²) >= 11 is 0. The van der Waals surface area contributed by atoms with Crippen LogP contribution in [0.25, 0.3) is 17.1 Å². The first-order valence-corrected chi connectivity index (χ1v) is 12.8. The van der Waals surface area contributed by atoms with Gasteiger partial charge in [0.1, 0.15) is 28.7 Å². The van der Waals surface area contributed by atoms with Crippen molar-refractivity contribution < 1.29 is 39.5 Å². The van der Waals surface area contributed by atoms with Crippen molar-refractivity contribution in [3.05, 3.63) is 52.6 Å². The Morgan fingerprint density at radius 3 is 2.59 bits per heavy atom. The first-order chi connectivity index (χ1) is 18.6. The molecular formula is C27H28N4O8. The second-order valence-electron chi connectivity index (χ2n) is 10.5. The van der Waals surface area contributed by atoms with E-state index in [1.807, 2.05) is 0 Å². The number of aromatic amines is 1. The van der Waals surface area contributed by atoms with Gasteiger partial charge in [-0.3, -0.25) is 14.4 Å². The largest absolute Gasteiger partial charge is 0.508 e. The topological polar surface area (TPSA) is 208 Å². The minimum Gasteiger partial charge on any atom is -0.508 e. The molecule has 2 aromatic rings. The number of aromatic hydroxyl groups is 1. The molecule has 4 aliphatic rings. The monoisotopic (exact) mass is 536 g/mol. The molecule has 4 atom stereocenters. The Labute approximate surface area is 222 Å². The van der Waals surface area contributed by atoms with E-state index < -0.39 is 58.0 Å². The Kier molecular flexibility index (Phi) is 5.86. The number of phenols is 1. The third-order valence-corrected chi connectivity index (χ3v) is 8.47. The van der Waals surface area contributed by atoms with E-state index in [-0.39, 0.29) is 35.8 Å². The van der Waals surface area contributed by atoms with E-state index >= 15 is 0 Å². The average molecular weight is 537 g/mol. The molecule has 1 aromatic heterocycles. The number of nitrogens with zero attached hydrogens (tertiary/aromatic N) is 1. The second kappa shape index (κ2) is 9.04. The van der Waals surface area contributed by atoms with Gasteiger partial charge in [-0.1, -0.05) is 0 Å². The van der Waals surface area contributed by atoms with Crippen molar-refractivity contribution >= 4 is 23.2 Å². The summed E-state index contributed by atoms with van der Waals surface area (Å²) in [6, 6.07) is 1.63. The minimum absolute atomic E-state index is 0.0110. The molecular weight excluding hydrogens is 508 g/mol. The number of ketones is 2. The zero-order valence-corrected chi connectivity index (χ0v) is 20.8. The Bertz CT molecular complexity index is 1460. The van der Waals surface area contributed by atoms with Crippen LogP contribution in [0.15, 0.2) is 41.4 Å². The average Bonchev–Trinajstić information content (AvgIpc) is 3.44. The summed E-state index contributed by atoms with van der Waals surface area (Å²) in [6.45, 7) is 0.908. The summed E-state index contributed by atoms with van der Waals surface area (Å²) in [6.07, 6.45) is 4.53. The van der Waals surface area contributed by atoms with Gasteiger partial charge in [0, 0.05) is 48.7 Å². The number of carbonyl (C=O) groups excluding carboxylic acids is 3. The van der Waals surface area contributed by atoms with Crippen LogP contribution in [0.4, 0.5) is 0 Å². The number of hydrogen-bond donors (Lipinski definition) is 7. The van der Waals surface area contributed by atoms with Gasteiger partial charge in [-0.2, -0.15) is 0 Å². The fourth-order valence-corrected chi connectivity index (χ4v) is 6.62. The first kappa shape index (κ1) is 25.3. The number of aliphatic hydroxyl groups excluding tert-OH is 2. The van der Waals surface area contributed by atoms with E-state index in [0.717, 1.165) is 0 Å². The normalized spacial score (nSPS) is 29.2. The quantitative estimate of drug-likeness (QED) is 0.270. The Morgan fingerprint density at radius 1 is 1.18 bits per heavy atom. The lowest BCUT2D eigenvalue weighted by atomic mass is 9.57. The van der Waals surface area contributed by atoms with Gasteiger partial charge in [-0.15, -0.1) is 0 Å². The summed E-state index contributed by atoms with van der Waals surface area (Å²) in [7, 11) is 0. The van der Waals surface area contributed by atoms with Crippen molar-refractivity contribution in [2.24, 2.45) is 17.6 Å². The fraction of sp³-hybridized carbons (Fsp3) is 0.407. The fourth-order valence-electron chi connectivity index (χ4n) is 6.62. The molecule has 6 rings (SSSR count). The molecule has 3 aliphatic carbocycles. The maximum absolute atomic E-state index is 14.0. The van der Waals surface area contributed by atoms with Crippen molar-refractivity contribution in [2.45, 2.75) is 43.4 Å². The zero-order valence-electron chi connectivity index (χ0n) is 20.8. The second-order valence-corrected chi connectivity index (χ2v) is 10.5. The number of nitrogens with two attached hydrogens (primary N) is 1. The molecule has 1 aliphatic heterocycles. The summed E-state index contributed by atoms with van der Waals surface area (Å²) in [5, 5.41) is 48.1. The standard InChI is InChI=1S/C27H28N4O8/c28-25(37)19-22(34)20(31-12-3-7-39-8-4-12)15-10-11-9-14-13(26-29-5-6-30-26)1-2-16(32)18(14)21(33)17(11)23(35)27(15,38)24(19)36/h1-2,5-6,11-12,15,20,31-33,36,38H,3-4,7-10H2,(H2,28,37)(H,29,30). The number of hydrogen-bond acceptors (Lipinski definition) is 10. The number of H-pyrrole nitrogens is 1. The highest BCUT2D eigenvalue weighted by molar-refractivity contribution is 6.24. The number of nitrogens with one attached hydrogen (secondary N) is 2. The minimum atomic E-state index is -2.69. The zero-order chi connectivity index (χ0) is 27.6. The van der Waals surface area contributed by atoms with Crippen LogP contribution in [0.2, 0.25) is 0 Å². The van der Waals surface area contributed by atoms with Gasteiger partial charge in [-0.05, 0) is 49.3 Å². The maximum Gasteiger partial charge on any atom is 0.255 e. The number of carbonyl (C=O) groups is 3. The lowest BCUT2D eigenvalue weighted by Crippen LogP contribution is -2.67. The molecule has 2 fully saturated rings. The molecule has 0 spiro atoms. The van der Waals surface area contributed by atoms with Crippen LogP contribution in [0.5, 0.6) is 5.75 Å². The van der Waals surface area contributed by atoms with E-state index in [0.29, 0.717) is 43.0 Å². The molecule has 1 saturated heterocycles. The maximum atomic E-state index is 14.0. The Morgan fingerprint density at radius 2 is 1.92 bits per heavy atom. The van der Waals surface area contributed by atoms with Gasteiger partial charge >= 0.3 is 0 Å². The lowest BCUT2D eigenvalue weighted by Gasteiger charge is -2.49. The van der Waals surface area contributed by atoms with Crippen LogP contribution < -0.4 is 11.1 Å². The number of fused-ring (bicyclic) bond motifs is 3. The van der Waals surface area contributed by atoms with Gasteiger partial charge < -0.3 is 41.2 Å². The van der Waals surface area contributed by atoms with Crippen molar-refractivity contribution in [1.82, 2.24) is 15.3 Å². The number of primary amides is 1. The van der Waals surface area contributed by atoms with E-state index in [1.165, 1.54) is 6.07 Å². The highest BCUT2D eigenvalue weighted by atomic mass is 16.5. The smallest absolute Gasteiger partial charge is 0.255 e. The van der Waals surface area contributed by atoms with Crippen LogP contribution in [0.1, 0.15) is 30.4 Å². The third-order valence-electron chi connectivity index (χ3n) is 8.47. The Hall–Kier alpha value is -4.00. The predicted octanol–water partition coefficient (Wildman–Crippen LogP) is 0.561. The van der Waals surface area contributed by atoms with Gasteiger partial charge in [0.25, 0.3) is 5.91 Å². The molecule has 1 saturated carbocycles. The van der Waals surface area contributed by atoms with Crippen molar-refractivity contribution in [3.63, 3.8) is 0 Å². The number of aliphatic hydroxyl groups is 3. The summed E-state index contributed by atoms with van der Waals surface area (Å²) in [5.41, 5.74) is 2.88. The molecule has 1 amide bonds. The molecule has 12 heteroatoms. The third kappa shape index (κ3) is 3.63. The molecule has 12 nitrogen and oxygen atoms in total. The van der Waals surface area contributed by atoms with Gasteiger partial charge in [0.15, 0.2) is 11.4 Å². The van der Waals surface area contributed by atoms with E-state index in [9.17, 15) is 34.8 Å². The molecule has 8 N–H and O–H groups in total. The molecule has 39 heavy (non-hydrogen) atoms. The van der Waals surface area contributed by atoms with Gasteiger partial charge in [0.05, 0.1) is 11.6 Å². The molecule has 0 bridgehead atoms. The molecule has 2 heterocycles. The first-order valence-electron chi connectivity index (χ1n) is 12.8.